The summed E-state index contributed by atoms with van der Waals surface area (Å²) in [5.74, 6) is -0.210. The number of aliphatic hydroxyl groups excluding tert-OH is 4. The number of nitrogens with two attached hydrogens (primary N) is 2. The van der Waals surface area contributed by atoms with Gasteiger partial charge in [-0.1, -0.05) is 10.3 Å². The molecule has 0 aromatic heterocycles. The van der Waals surface area contributed by atoms with Crippen LogP contribution in [-0.2, 0) is 9.47 Å². The third-order valence-electron chi connectivity index (χ3n) is 3.08. The maximum absolute atomic E-state index is 10.2. The predicted molar refractivity (Wildman–Crippen MR) is 81.7 cm³/mol. The molecule has 0 bridgehead atoms. The summed E-state index contributed by atoms with van der Waals surface area (Å²) in [6.45, 7) is -1.48. The molecule has 0 radical (unpaired) electrons. The average molecular weight is 354 g/mol. The van der Waals surface area contributed by atoms with Crippen LogP contribution in [0, 0.1) is 0 Å². The second-order valence-electron chi connectivity index (χ2n) is 4.85. The molecule has 0 aliphatic heterocycles. The highest BCUT2D eigenvalue weighted by molar-refractivity contribution is 5.79. The Kier molecular flexibility index (Phi) is 11.8. The van der Waals surface area contributed by atoms with Crippen molar-refractivity contribution in [2.75, 3.05) is 26.4 Å². The van der Waals surface area contributed by atoms with Crippen molar-refractivity contribution in [2.24, 2.45) is 21.8 Å². The van der Waals surface area contributed by atoms with Crippen LogP contribution in [0.25, 0.3) is 0 Å². The summed E-state index contributed by atoms with van der Waals surface area (Å²) in [5.41, 5.74) is 10.5. The number of amidine groups is 2. The number of oxime groups is 2. The first-order valence-corrected chi connectivity index (χ1v) is 7.15. The first-order chi connectivity index (χ1) is 11.4. The van der Waals surface area contributed by atoms with Crippen LogP contribution < -0.4 is 11.5 Å². The van der Waals surface area contributed by atoms with Gasteiger partial charge in [0.05, 0.1) is 26.4 Å². The van der Waals surface area contributed by atoms with E-state index in [2.05, 4.69) is 10.3 Å². The van der Waals surface area contributed by atoms with Crippen LogP contribution in [0.15, 0.2) is 10.3 Å². The third kappa shape index (κ3) is 8.24. The fraction of sp³-hybridized carbons (Fsp3) is 0.833. The van der Waals surface area contributed by atoms with Gasteiger partial charge in [0.25, 0.3) is 0 Å². The summed E-state index contributed by atoms with van der Waals surface area (Å²) in [5, 5.41) is 60.7. The molecule has 24 heavy (non-hydrogen) atoms. The first-order valence-electron chi connectivity index (χ1n) is 7.15. The summed E-state index contributed by atoms with van der Waals surface area (Å²) in [7, 11) is 0. The lowest BCUT2D eigenvalue weighted by molar-refractivity contribution is -0.160. The van der Waals surface area contributed by atoms with Crippen molar-refractivity contribution in [1.29, 1.82) is 0 Å². The van der Waals surface area contributed by atoms with Crippen LogP contribution in [0.2, 0.25) is 0 Å². The van der Waals surface area contributed by atoms with E-state index in [1.807, 2.05) is 0 Å². The largest absolute Gasteiger partial charge is 0.409 e. The monoisotopic (exact) mass is 354 g/mol. The van der Waals surface area contributed by atoms with Crippen LogP contribution in [0.4, 0.5) is 0 Å². The molecule has 0 saturated carbocycles. The maximum atomic E-state index is 10.2. The minimum absolute atomic E-state index is 0.0199. The van der Waals surface area contributed by atoms with Gasteiger partial charge in [0.1, 0.15) is 36.1 Å². The molecule has 0 rings (SSSR count). The van der Waals surface area contributed by atoms with Crippen LogP contribution in [0.1, 0.15) is 12.8 Å². The molecule has 4 unspecified atom stereocenters. The minimum Gasteiger partial charge on any atom is -0.409 e. The predicted octanol–water partition coefficient (Wildman–Crippen LogP) is -3.26. The van der Waals surface area contributed by atoms with E-state index in [9.17, 15) is 15.3 Å². The molecule has 0 saturated heterocycles. The normalized spacial score (nSPS) is 18.2. The quantitative estimate of drug-likeness (QED) is 0.0714. The van der Waals surface area contributed by atoms with E-state index in [-0.39, 0.29) is 37.7 Å². The molecule has 0 aromatic rings. The number of ether oxygens (including phenoxy) is 2. The van der Waals surface area contributed by atoms with E-state index in [1.165, 1.54) is 0 Å². The first kappa shape index (κ1) is 22.3. The van der Waals surface area contributed by atoms with E-state index in [1.54, 1.807) is 0 Å². The van der Waals surface area contributed by atoms with Gasteiger partial charge in [0.15, 0.2) is 0 Å². The molecule has 0 heterocycles. The van der Waals surface area contributed by atoms with Gasteiger partial charge in [-0.2, -0.15) is 0 Å². The zero-order valence-electron chi connectivity index (χ0n) is 13.1. The van der Waals surface area contributed by atoms with Gasteiger partial charge in [0.2, 0.25) is 0 Å². The maximum Gasteiger partial charge on any atom is 0.141 e. The molecular formula is C12H26N4O8. The lowest BCUT2D eigenvalue weighted by Crippen LogP contribution is -2.50. The summed E-state index contributed by atoms with van der Waals surface area (Å²) in [6, 6.07) is 0. The number of nitrogens with zero attached hydrogens (tertiary/aromatic N) is 2. The third-order valence-corrected chi connectivity index (χ3v) is 3.08. The summed E-state index contributed by atoms with van der Waals surface area (Å²) in [4.78, 5) is 0. The Bertz CT molecular complexity index is 395. The van der Waals surface area contributed by atoms with Gasteiger partial charge < -0.3 is 51.8 Å². The molecule has 0 aliphatic carbocycles. The van der Waals surface area contributed by atoms with E-state index in [0.29, 0.717) is 0 Å². The summed E-state index contributed by atoms with van der Waals surface area (Å²) < 4.78 is 10.5. The zero-order chi connectivity index (χ0) is 18.5. The lowest BCUT2D eigenvalue weighted by atomic mass is 10.0. The molecule has 0 aromatic carbocycles. The average Bonchev–Trinajstić information content (AvgIpc) is 2.60. The number of rotatable bonds is 13. The van der Waals surface area contributed by atoms with Crippen molar-refractivity contribution in [3.05, 3.63) is 0 Å². The Hall–Kier alpha value is -1.70. The van der Waals surface area contributed by atoms with Gasteiger partial charge in [-0.25, -0.2) is 0 Å². The molecular weight excluding hydrogens is 328 g/mol. The molecule has 0 aliphatic rings. The van der Waals surface area contributed by atoms with Crippen molar-refractivity contribution in [3.8, 4) is 0 Å². The van der Waals surface area contributed by atoms with Crippen LogP contribution in [0.3, 0.4) is 0 Å². The van der Waals surface area contributed by atoms with Crippen molar-refractivity contribution in [2.45, 2.75) is 37.3 Å². The van der Waals surface area contributed by atoms with E-state index in [0.717, 1.165) is 0 Å². The van der Waals surface area contributed by atoms with Crippen LogP contribution >= 0.6 is 0 Å². The Balaban J connectivity index is 4.70. The fourth-order valence-electron chi connectivity index (χ4n) is 1.73. The molecule has 0 amide bonds. The van der Waals surface area contributed by atoms with Crippen molar-refractivity contribution < 1.29 is 40.3 Å². The Labute approximate surface area is 138 Å². The van der Waals surface area contributed by atoms with E-state index >= 15 is 0 Å². The van der Waals surface area contributed by atoms with Crippen LogP contribution in [0.5, 0.6) is 0 Å². The molecule has 0 fully saturated rings. The van der Waals surface area contributed by atoms with Gasteiger partial charge in [-0.3, -0.25) is 0 Å². The second-order valence-corrected chi connectivity index (χ2v) is 4.85. The standard InChI is InChI=1S/C12H26N4O8/c13-9(15-21)1-3-23-8(6-18)11(20)12(7(19)5-17)24-4-2-10(14)16-22/h7-8,11-12,17-22H,1-6H2,(H2,13,15)(H2,14,16). The Morgan fingerprint density at radius 3 is 1.79 bits per heavy atom. The highest BCUT2D eigenvalue weighted by atomic mass is 16.5. The topological polar surface area (TPSA) is 217 Å². The van der Waals surface area contributed by atoms with E-state index < -0.39 is 37.6 Å². The molecule has 12 nitrogen and oxygen atoms in total. The number of hydrogen-bond donors (Lipinski definition) is 8. The van der Waals surface area contributed by atoms with Gasteiger partial charge >= 0.3 is 0 Å². The summed E-state index contributed by atoms with van der Waals surface area (Å²) >= 11 is 0. The second kappa shape index (κ2) is 12.7. The molecule has 4 atom stereocenters. The SMILES string of the molecule is NC(CCOC(CO)C(O)C(OCCC(N)=NO)C(O)CO)=NO. The van der Waals surface area contributed by atoms with Crippen molar-refractivity contribution in [3.63, 3.8) is 0 Å². The molecule has 12 heteroatoms. The minimum atomic E-state index is -1.49. The Morgan fingerprint density at radius 2 is 1.38 bits per heavy atom. The molecule has 10 N–H and O–H groups in total. The van der Waals surface area contributed by atoms with Crippen molar-refractivity contribution in [1.82, 2.24) is 0 Å². The van der Waals surface area contributed by atoms with Crippen LogP contribution in [-0.4, -0.2) is 93.4 Å². The number of hydrogen-bond acceptors (Lipinski definition) is 10. The van der Waals surface area contributed by atoms with Crippen molar-refractivity contribution >= 4 is 11.7 Å². The highest BCUT2D eigenvalue weighted by Crippen LogP contribution is 2.13. The molecule has 142 valence electrons. The Morgan fingerprint density at radius 1 is 0.875 bits per heavy atom. The summed E-state index contributed by atoms with van der Waals surface area (Å²) in [6.07, 6.45) is -5.30. The van der Waals surface area contributed by atoms with Gasteiger partial charge in [-0.15, -0.1) is 0 Å². The lowest BCUT2D eigenvalue weighted by Gasteiger charge is -2.31. The van der Waals surface area contributed by atoms with Gasteiger partial charge in [0, 0.05) is 12.8 Å². The fourth-order valence-corrected chi connectivity index (χ4v) is 1.73. The smallest absolute Gasteiger partial charge is 0.141 e. The van der Waals surface area contributed by atoms with E-state index in [4.69, 9.17) is 36.5 Å². The molecule has 0 spiro atoms. The number of aliphatic hydroxyl groups is 4. The van der Waals surface area contributed by atoms with Gasteiger partial charge in [-0.05, 0) is 0 Å². The zero-order valence-corrected chi connectivity index (χ0v) is 13.1. The highest BCUT2D eigenvalue weighted by Gasteiger charge is 2.34.